The molecule has 1 N–H and O–H groups in total. The van der Waals surface area contributed by atoms with E-state index in [9.17, 15) is 4.79 Å². The molecule has 3 aromatic carbocycles. The number of nitrogens with one attached hydrogen (secondary N) is 1. The number of hydrogen-bond donors (Lipinski definition) is 1. The number of carbonyl (C=O) groups is 1. The van der Waals surface area contributed by atoms with Gasteiger partial charge in [0, 0.05) is 10.7 Å². The first-order chi connectivity index (χ1) is 13.5. The summed E-state index contributed by atoms with van der Waals surface area (Å²) in [5.74, 6) is 0.514. The first-order valence-electron chi connectivity index (χ1n) is 8.50. The zero-order valence-corrected chi connectivity index (χ0v) is 17.1. The summed E-state index contributed by atoms with van der Waals surface area (Å²) in [6.45, 7) is 0.378. The molecule has 140 valence electrons. The number of rotatable bonds is 6. The molecule has 0 aliphatic rings. The monoisotopic (exact) mass is 454 g/mol. The second-order valence-electron chi connectivity index (χ2n) is 6.06. The maximum Gasteiger partial charge on any atom is 0.228 e. The van der Waals surface area contributed by atoms with Crippen molar-refractivity contribution in [1.29, 1.82) is 5.26 Å². The van der Waals surface area contributed by atoms with Gasteiger partial charge >= 0.3 is 0 Å². The number of nitrogens with zero attached hydrogens (tertiary/aromatic N) is 1. The molecular weight excluding hydrogens is 440 g/mol. The molecule has 0 atom stereocenters. The zero-order valence-electron chi connectivity index (χ0n) is 14.8. The highest BCUT2D eigenvalue weighted by atomic mass is 79.9. The summed E-state index contributed by atoms with van der Waals surface area (Å²) >= 11 is 9.57. The van der Waals surface area contributed by atoms with Gasteiger partial charge in [-0.2, -0.15) is 5.26 Å². The van der Waals surface area contributed by atoms with Gasteiger partial charge in [-0.05, 0) is 63.5 Å². The van der Waals surface area contributed by atoms with E-state index >= 15 is 0 Å². The van der Waals surface area contributed by atoms with E-state index in [2.05, 4.69) is 27.3 Å². The van der Waals surface area contributed by atoms with E-state index in [1.807, 2.05) is 30.3 Å². The summed E-state index contributed by atoms with van der Waals surface area (Å²) in [6, 6.07) is 22.0. The topological polar surface area (TPSA) is 62.1 Å². The van der Waals surface area contributed by atoms with Crippen LogP contribution in [0.15, 0.2) is 71.2 Å². The van der Waals surface area contributed by atoms with Crippen LogP contribution in [-0.4, -0.2) is 5.91 Å². The second-order valence-corrected chi connectivity index (χ2v) is 7.32. The first-order valence-corrected chi connectivity index (χ1v) is 9.67. The normalized spacial score (nSPS) is 10.2. The van der Waals surface area contributed by atoms with Crippen molar-refractivity contribution in [2.45, 2.75) is 13.0 Å². The molecule has 0 radical (unpaired) electrons. The molecule has 0 unspecified atom stereocenters. The van der Waals surface area contributed by atoms with Crippen LogP contribution in [-0.2, 0) is 17.8 Å². The van der Waals surface area contributed by atoms with Gasteiger partial charge in [-0.3, -0.25) is 4.79 Å². The molecule has 6 heteroatoms. The lowest BCUT2D eigenvalue weighted by atomic mass is 10.1. The third kappa shape index (κ3) is 5.35. The van der Waals surface area contributed by atoms with E-state index in [4.69, 9.17) is 21.6 Å². The smallest absolute Gasteiger partial charge is 0.228 e. The molecule has 3 rings (SSSR count). The fourth-order valence-electron chi connectivity index (χ4n) is 2.55. The van der Waals surface area contributed by atoms with Gasteiger partial charge in [0.25, 0.3) is 0 Å². The van der Waals surface area contributed by atoms with Crippen molar-refractivity contribution >= 4 is 39.1 Å². The average Bonchev–Trinajstić information content (AvgIpc) is 2.69. The predicted molar refractivity (Wildman–Crippen MR) is 113 cm³/mol. The van der Waals surface area contributed by atoms with E-state index in [0.717, 1.165) is 15.6 Å². The number of ether oxygens (including phenoxy) is 1. The van der Waals surface area contributed by atoms with E-state index in [0.29, 0.717) is 28.6 Å². The Labute approximate surface area is 176 Å². The van der Waals surface area contributed by atoms with E-state index < -0.39 is 0 Å². The fourth-order valence-corrected chi connectivity index (χ4v) is 3.25. The first kappa shape index (κ1) is 19.9. The van der Waals surface area contributed by atoms with E-state index in [1.54, 1.807) is 36.4 Å². The molecule has 0 aromatic heterocycles. The lowest BCUT2D eigenvalue weighted by molar-refractivity contribution is -0.115. The minimum Gasteiger partial charge on any atom is -0.488 e. The zero-order chi connectivity index (χ0) is 19.9. The summed E-state index contributed by atoms with van der Waals surface area (Å²) in [5, 5.41) is 12.3. The SMILES string of the molecule is N#Cc1ccc(COc2ccc(NC(=O)Cc3ccccc3Cl)cc2Br)cc1. The van der Waals surface area contributed by atoms with Crippen LogP contribution in [0.1, 0.15) is 16.7 Å². The fraction of sp³-hybridized carbons (Fsp3) is 0.0909. The molecular formula is C22H16BrClN2O2. The minimum atomic E-state index is -0.147. The molecule has 0 aliphatic heterocycles. The minimum absolute atomic E-state index is 0.147. The summed E-state index contributed by atoms with van der Waals surface area (Å²) in [4.78, 5) is 12.3. The molecule has 4 nitrogen and oxygen atoms in total. The summed E-state index contributed by atoms with van der Waals surface area (Å²) in [6.07, 6.45) is 0.203. The van der Waals surface area contributed by atoms with Crippen LogP contribution in [0.3, 0.4) is 0 Å². The highest BCUT2D eigenvalue weighted by molar-refractivity contribution is 9.10. The predicted octanol–water partition coefficient (Wildman–Crippen LogP) is 5.73. The Balaban J connectivity index is 1.59. The van der Waals surface area contributed by atoms with Gasteiger partial charge in [0.05, 0.1) is 22.5 Å². The van der Waals surface area contributed by atoms with E-state index in [-0.39, 0.29) is 12.3 Å². The van der Waals surface area contributed by atoms with Crippen molar-refractivity contribution in [3.05, 3.63) is 92.9 Å². The lowest BCUT2D eigenvalue weighted by Crippen LogP contribution is -2.14. The van der Waals surface area contributed by atoms with Crippen molar-refractivity contribution < 1.29 is 9.53 Å². The molecule has 0 aliphatic carbocycles. The Bertz CT molecular complexity index is 1030. The van der Waals surface area contributed by atoms with Crippen LogP contribution >= 0.6 is 27.5 Å². The maximum absolute atomic E-state index is 12.3. The molecule has 0 spiro atoms. The lowest BCUT2D eigenvalue weighted by Gasteiger charge is -2.11. The van der Waals surface area contributed by atoms with Gasteiger partial charge in [-0.15, -0.1) is 0 Å². The van der Waals surface area contributed by atoms with Crippen LogP contribution in [0.2, 0.25) is 5.02 Å². The van der Waals surface area contributed by atoms with Gasteiger partial charge in [-0.1, -0.05) is 41.9 Å². The highest BCUT2D eigenvalue weighted by Gasteiger charge is 2.09. The number of nitriles is 1. The highest BCUT2D eigenvalue weighted by Crippen LogP contribution is 2.29. The molecule has 0 saturated heterocycles. The Morgan fingerprint density at radius 2 is 1.86 bits per heavy atom. The summed E-state index contributed by atoms with van der Waals surface area (Å²) in [5.41, 5.74) is 3.02. The van der Waals surface area contributed by atoms with Gasteiger partial charge in [0.2, 0.25) is 5.91 Å². The number of carbonyl (C=O) groups excluding carboxylic acids is 1. The number of anilines is 1. The molecule has 3 aromatic rings. The van der Waals surface area contributed by atoms with Crippen molar-refractivity contribution in [3.63, 3.8) is 0 Å². The van der Waals surface area contributed by atoms with Crippen molar-refractivity contribution in [2.75, 3.05) is 5.32 Å². The summed E-state index contributed by atoms with van der Waals surface area (Å²) < 4.78 is 6.54. The number of halogens is 2. The van der Waals surface area contributed by atoms with Crippen LogP contribution in [0.25, 0.3) is 0 Å². The Hall–Kier alpha value is -2.81. The molecule has 0 bridgehead atoms. The third-order valence-corrected chi connectivity index (χ3v) is 4.99. The molecule has 28 heavy (non-hydrogen) atoms. The molecule has 1 amide bonds. The largest absolute Gasteiger partial charge is 0.488 e. The van der Waals surface area contributed by atoms with Gasteiger partial charge in [0.1, 0.15) is 12.4 Å². The second kappa shape index (κ2) is 9.41. The number of hydrogen-bond acceptors (Lipinski definition) is 3. The van der Waals surface area contributed by atoms with Crippen LogP contribution < -0.4 is 10.1 Å². The van der Waals surface area contributed by atoms with Crippen molar-refractivity contribution in [2.24, 2.45) is 0 Å². The average molecular weight is 456 g/mol. The van der Waals surface area contributed by atoms with Crippen LogP contribution in [0, 0.1) is 11.3 Å². The van der Waals surface area contributed by atoms with E-state index in [1.165, 1.54) is 0 Å². The quantitative estimate of drug-likeness (QED) is 0.516. The number of benzene rings is 3. The molecule has 0 saturated carbocycles. The third-order valence-electron chi connectivity index (χ3n) is 4.00. The number of amides is 1. The van der Waals surface area contributed by atoms with Crippen molar-refractivity contribution in [1.82, 2.24) is 0 Å². The van der Waals surface area contributed by atoms with Crippen molar-refractivity contribution in [3.8, 4) is 11.8 Å². The maximum atomic E-state index is 12.3. The Kier molecular flexibility index (Phi) is 6.70. The Morgan fingerprint density at radius 1 is 1.11 bits per heavy atom. The van der Waals surface area contributed by atoms with Crippen LogP contribution in [0.4, 0.5) is 5.69 Å². The molecule has 0 heterocycles. The standard InChI is InChI=1S/C22H16BrClN2O2/c23-19-12-18(26-22(27)11-17-3-1-2-4-20(17)24)9-10-21(19)28-14-16-7-5-15(13-25)6-8-16/h1-10,12H,11,14H2,(H,26,27). The van der Waals surface area contributed by atoms with Gasteiger partial charge < -0.3 is 10.1 Å². The molecule has 0 fully saturated rings. The summed E-state index contributed by atoms with van der Waals surface area (Å²) in [7, 11) is 0. The van der Waals surface area contributed by atoms with Gasteiger partial charge in [-0.25, -0.2) is 0 Å². The van der Waals surface area contributed by atoms with Gasteiger partial charge in [0.15, 0.2) is 0 Å². The van der Waals surface area contributed by atoms with Crippen LogP contribution in [0.5, 0.6) is 5.75 Å². The Morgan fingerprint density at radius 3 is 2.54 bits per heavy atom.